The molecule has 1 aromatic heterocycles. The number of fused-ring (bicyclic) bond motifs is 1. The lowest BCUT2D eigenvalue weighted by Gasteiger charge is -2.40. The van der Waals surface area contributed by atoms with Gasteiger partial charge in [0.15, 0.2) is 0 Å². The topological polar surface area (TPSA) is 63.2 Å². The van der Waals surface area contributed by atoms with E-state index in [4.69, 9.17) is 4.74 Å². The lowest BCUT2D eigenvalue weighted by atomic mass is 9.83. The zero-order valence-corrected chi connectivity index (χ0v) is 14.2. The summed E-state index contributed by atoms with van der Waals surface area (Å²) >= 11 is 0. The molecule has 1 aromatic carbocycles. The van der Waals surface area contributed by atoms with Gasteiger partial charge in [0, 0.05) is 37.2 Å². The number of nitrogens with zero attached hydrogens (tertiary/aromatic N) is 1. The van der Waals surface area contributed by atoms with Crippen LogP contribution in [0, 0.1) is 0 Å². The maximum absolute atomic E-state index is 11.7. The second-order valence-corrected chi connectivity index (χ2v) is 6.48. The first-order valence-corrected chi connectivity index (χ1v) is 8.61. The van der Waals surface area contributed by atoms with Crippen LogP contribution in [0.1, 0.15) is 34.5 Å². The van der Waals surface area contributed by atoms with E-state index in [1.54, 1.807) is 19.3 Å². The van der Waals surface area contributed by atoms with Gasteiger partial charge in [-0.3, -0.25) is 9.78 Å². The second kappa shape index (κ2) is 6.33. The van der Waals surface area contributed by atoms with Crippen molar-refractivity contribution in [1.82, 2.24) is 15.6 Å². The predicted octanol–water partition coefficient (Wildman–Crippen LogP) is 2.39. The smallest absolute Gasteiger partial charge is 0.269 e. The number of pyridine rings is 1. The molecule has 1 spiro atoms. The standard InChI is InChI=1S/C20H21N3O2/c1-21-19(24)17-7-6-14(13-23-17)16-12-20(8-10-22-11-9-20)25-18-5-3-2-4-15(16)18/h2-7,12-13,22H,8-11H2,1H3,(H,21,24). The van der Waals surface area contributed by atoms with E-state index in [1.165, 1.54) is 0 Å². The highest BCUT2D eigenvalue weighted by Gasteiger charge is 2.36. The summed E-state index contributed by atoms with van der Waals surface area (Å²) in [5, 5.41) is 5.99. The summed E-state index contributed by atoms with van der Waals surface area (Å²) in [7, 11) is 1.61. The first kappa shape index (κ1) is 15.8. The Bertz CT molecular complexity index is 821. The van der Waals surface area contributed by atoms with Crippen LogP contribution in [0.4, 0.5) is 0 Å². The van der Waals surface area contributed by atoms with Crippen LogP contribution in [-0.2, 0) is 0 Å². The van der Waals surface area contributed by atoms with Crippen LogP contribution >= 0.6 is 0 Å². The Kier molecular flexibility index (Phi) is 4.01. The summed E-state index contributed by atoms with van der Waals surface area (Å²) in [6.07, 6.45) is 5.89. The number of carbonyl (C=O) groups is 1. The number of rotatable bonds is 2. The van der Waals surface area contributed by atoms with Gasteiger partial charge in [0.2, 0.25) is 0 Å². The summed E-state index contributed by atoms with van der Waals surface area (Å²) < 4.78 is 6.39. The predicted molar refractivity (Wildman–Crippen MR) is 96.6 cm³/mol. The lowest BCUT2D eigenvalue weighted by Crippen LogP contribution is -2.46. The number of para-hydroxylation sites is 1. The van der Waals surface area contributed by atoms with Gasteiger partial charge in [-0.25, -0.2) is 0 Å². The number of hydrogen-bond donors (Lipinski definition) is 2. The molecule has 0 atom stereocenters. The molecule has 5 nitrogen and oxygen atoms in total. The quantitative estimate of drug-likeness (QED) is 0.884. The Morgan fingerprint density at radius 3 is 2.72 bits per heavy atom. The van der Waals surface area contributed by atoms with E-state index in [0.29, 0.717) is 5.69 Å². The van der Waals surface area contributed by atoms with Gasteiger partial charge in [-0.15, -0.1) is 0 Å². The molecule has 0 radical (unpaired) electrons. The number of nitrogens with one attached hydrogen (secondary N) is 2. The molecule has 2 aliphatic rings. The van der Waals surface area contributed by atoms with Crippen LogP contribution in [-0.4, -0.2) is 36.6 Å². The largest absolute Gasteiger partial charge is 0.482 e. The van der Waals surface area contributed by atoms with Crippen molar-refractivity contribution >= 4 is 11.5 Å². The molecule has 4 rings (SSSR count). The van der Waals surface area contributed by atoms with E-state index in [-0.39, 0.29) is 11.5 Å². The van der Waals surface area contributed by atoms with Gasteiger partial charge < -0.3 is 15.4 Å². The zero-order chi connectivity index (χ0) is 17.3. The molecule has 2 aromatic rings. The van der Waals surface area contributed by atoms with E-state index < -0.39 is 0 Å². The van der Waals surface area contributed by atoms with E-state index >= 15 is 0 Å². The van der Waals surface area contributed by atoms with Crippen molar-refractivity contribution in [2.24, 2.45) is 0 Å². The summed E-state index contributed by atoms with van der Waals surface area (Å²) in [4.78, 5) is 16.1. The first-order chi connectivity index (χ1) is 12.2. The van der Waals surface area contributed by atoms with Crippen molar-refractivity contribution in [1.29, 1.82) is 0 Å². The van der Waals surface area contributed by atoms with Gasteiger partial charge in [-0.05, 0) is 36.9 Å². The Labute approximate surface area is 147 Å². The summed E-state index contributed by atoms with van der Waals surface area (Å²) in [5.74, 6) is 0.736. The number of hydrogen-bond acceptors (Lipinski definition) is 4. The minimum atomic E-state index is -0.269. The van der Waals surface area contributed by atoms with E-state index in [1.807, 2.05) is 24.3 Å². The van der Waals surface area contributed by atoms with Crippen LogP contribution in [0.2, 0.25) is 0 Å². The van der Waals surface area contributed by atoms with Gasteiger partial charge in [-0.2, -0.15) is 0 Å². The highest BCUT2D eigenvalue weighted by molar-refractivity contribution is 5.92. The molecular weight excluding hydrogens is 314 g/mol. The van der Waals surface area contributed by atoms with Gasteiger partial charge in [0.25, 0.3) is 5.91 Å². The highest BCUT2D eigenvalue weighted by atomic mass is 16.5. The third-order valence-corrected chi connectivity index (χ3v) is 4.88. The van der Waals surface area contributed by atoms with Gasteiger partial charge >= 0.3 is 0 Å². The Balaban J connectivity index is 1.78. The van der Waals surface area contributed by atoms with E-state index in [9.17, 15) is 4.79 Å². The van der Waals surface area contributed by atoms with Crippen LogP contribution in [0.15, 0.2) is 48.7 Å². The molecule has 2 N–H and O–H groups in total. The second-order valence-electron chi connectivity index (χ2n) is 6.48. The molecule has 1 saturated heterocycles. The molecule has 0 saturated carbocycles. The molecule has 3 heterocycles. The van der Waals surface area contributed by atoms with Crippen LogP contribution < -0.4 is 15.4 Å². The Hall–Kier alpha value is -2.66. The minimum absolute atomic E-state index is 0.178. The maximum Gasteiger partial charge on any atom is 0.269 e. The van der Waals surface area contributed by atoms with Crippen molar-refractivity contribution in [2.75, 3.05) is 20.1 Å². The molecule has 128 valence electrons. The third kappa shape index (κ3) is 2.91. The number of benzene rings is 1. The van der Waals surface area contributed by atoms with Gasteiger partial charge in [0.05, 0.1) is 0 Å². The SMILES string of the molecule is CNC(=O)c1ccc(C2=CC3(CCNCC3)Oc3ccccc32)cn1. The van der Waals surface area contributed by atoms with Gasteiger partial charge in [0.1, 0.15) is 17.0 Å². The van der Waals surface area contributed by atoms with Crippen molar-refractivity contribution in [3.8, 4) is 5.75 Å². The fourth-order valence-electron chi connectivity index (χ4n) is 3.52. The number of aromatic nitrogens is 1. The Morgan fingerprint density at radius 1 is 1.20 bits per heavy atom. The molecule has 2 aliphatic heterocycles. The third-order valence-electron chi connectivity index (χ3n) is 4.88. The minimum Gasteiger partial charge on any atom is -0.482 e. The van der Waals surface area contributed by atoms with Crippen molar-refractivity contribution in [3.05, 3.63) is 65.5 Å². The number of piperidine rings is 1. The van der Waals surface area contributed by atoms with Crippen molar-refractivity contribution in [2.45, 2.75) is 18.4 Å². The fourth-order valence-corrected chi connectivity index (χ4v) is 3.52. The number of carbonyl (C=O) groups excluding carboxylic acids is 1. The average Bonchev–Trinajstić information content (AvgIpc) is 2.67. The number of amides is 1. The molecule has 0 bridgehead atoms. The molecule has 25 heavy (non-hydrogen) atoms. The van der Waals surface area contributed by atoms with Crippen LogP contribution in [0.3, 0.4) is 0 Å². The zero-order valence-electron chi connectivity index (χ0n) is 14.2. The molecule has 1 fully saturated rings. The van der Waals surface area contributed by atoms with Crippen molar-refractivity contribution < 1.29 is 9.53 Å². The van der Waals surface area contributed by atoms with Crippen LogP contribution in [0.25, 0.3) is 5.57 Å². The molecule has 5 heteroatoms. The van der Waals surface area contributed by atoms with E-state index in [2.05, 4.69) is 27.8 Å². The molecule has 1 amide bonds. The highest BCUT2D eigenvalue weighted by Crippen LogP contribution is 2.42. The summed E-state index contributed by atoms with van der Waals surface area (Å²) in [5.41, 5.74) is 3.35. The number of ether oxygens (including phenoxy) is 1. The lowest BCUT2D eigenvalue weighted by molar-refractivity contribution is 0.0816. The van der Waals surface area contributed by atoms with Crippen molar-refractivity contribution in [3.63, 3.8) is 0 Å². The Morgan fingerprint density at radius 2 is 2.00 bits per heavy atom. The average molecular weight is 335 g/mol. The summed E-state index contributed by atoms with van der Waals surface area (Å²) in [6, 6.07) is 11.8. The summed E-state index contributed by atoms with van der Waals surface area (Å²) in [6.45, 7) is 1.89. The first-order valence-electron chi connectivity index (χ1n) is 8.61. The maximum atomic E-state index is 11.7. The fraction of sp³-hybridized carbons (Fsp3) is 0.300. The van der Waals surface area contributed by atoms with E-state index in [0.717, 1.165) is 48.4 Å². The molecule has 0 aliphatic carbocycles. The van der Waals surface area contributed by atoms with Gasteiger partial charge in [-0.1, -0.05) is 24.3 Å². The molecule has 0 unspecified atom stereocenters. The molecular formula is C20H21N3O2. The monoisotopic (exact) mass is 335 g/mol. The van der Waals surface area contributed by atoms with Crippen LogP contribution in [0.5, 0.6) is 5.75 Å². The normalized spacial score (nSPS) is 18.0.